The van der Waals surface area contributed by atoms with Gasteiger partial charge in [0.2, 0.25) is 0 Å². The Balaban J connectivity index is 0.00000361. The molecule has 116 valence electrons. The minimum atomic E-state index is 0. The Bertz CT molecular complexity index is 333. The van der Waals surface area contributed by atoms with E-state index in [1.54, 1.807) is 0 Å². The number of nitrogens with zero attached hydrogens (tertiary/aromatic N) is 2. The van der Waals surface area contributed by atoms with E-state index in [-0.39, 0.29) is 29.5 Å². The molecule has 0 amide bonds. The summed E-state index contributed by atoms with van der Waals surface area (Å²) in [6, 6.07) is 0. The zero-order chi connectivity index (χ0) is 14.1. The third kappa shape index (κ3) is 6.77. The number of nitrogens with one attached hydrogen (secondary N) is 2. The normalized spacial score (nSPS) is 17.0. The highest BCUT2D eigenvalue weighted by molar-refractivity contribution is 14.0. The maximum atomic E-state index is 5.39. The van der Waals surface area contributed by atoms with Gasteiger partial charge >= 0.3 is 0 Å². The molecule has 6 heteroatoms. The lowest BCUT2D eigenvalue weighted by molar-refractivity contribution is -0.00683. The van der Waals surface area contributed by atoms with Crippen molar-refractivity contribution in [3.63, 3.8) is 0 Å². The molecule has 20 heavy (non-hydrogen) atoms. The van der Waals surface area contributed by atoms with Gasteiger partial charge in [-0.3, -0.25) is 9.89 Å². The number of guanidine groups is 1. The highest BCUT2D eigenvalue weighted by Gasteiger charge is 2.27. The predicted octanol–water partition coefficient (Wildman–Crippen LogP) is 0.903. The molecule has 1 saturated heterocycles. The molecular weight excluding hydrogens is 367 g/mol. The SMILES string of the molecule is C#CCNC(=NCC(C)(C)N1CCOCC1)NCC.I. The summed E-state index contributed by atoms with van der Waals surface area (Å²) in [7, 11) is 0. The zero-order valence-corrected chi connectivity index (χ0v) is 15.1. The average molecular weight is 394 g/mol. The van der Waals surface area contributed by atoms with Gasteiger partial charge < -0.3 is 15.4 Å². The van der Waals surface area contributed by atoms with Crippen molar-refractivity contribution < 1.29 is 4.74 Å². The highest BCUT2D eigenvalue weighted by atomic mass is 127. The molecule has 2 N–H and O–H groups in total. The van der Waals surface area contributed by atoms with Crippen molar-refractivity contribution >= 4 is 29.9 Å². The fourth-order valence-corrected chi connectivity index (χ4v) is 2.02. The first kappa shape index (κ1) is 19.5. The van der Waals surface area contributed by atoms with Crippen molar-refractivity contribution in [2.75, 3.05) is 45.9 Å². The van der Waals surface area contributed by atoms with Crippen molar-refractivity contribution in [2.24, 2.45) is 4.99 Å². The number of morpholine rings is 1. The minimum Gasteiger partial charge on any atom is -0.379 e. The lowest BCUT2D eigenvalue weighted by Gasteiger charge is -2.39. The second-order valence-corrected chi connectivity index (χ2v) is 5.16. The molecular formula is C14H27IN4O. The largest absolute Gasteiger partial charge is 0.379 e. The van der Waals surface area contributed by atoms with Gasteiger partial charge in [-0.2, -0.15) is 0 Å². The topological polar surface area (TPSA) is 48.9 Å². The number of halogens is 1. The van der Waals surface area contributed by atoms with E-state index in [9.17, 15) is 0 Å². The van der Waals surface area contributed by atoms with Gasteiger partial charge in [-0.15, -0.1) is 30.4 Å². The van der Waals surface area contributed by atoms with E-state index < -0.39 is 0 Å². The molecule has 1 aliphatic rings. The zero-order valence-electron chi connectivity index (χ0n) is 12.7. The molecule has 1 heterocycles. The van der Waals surface area contributed by atoms with Crippen LogP contribution in [-0.4, -0.2) is 62.3 Å². The van der Waals surface area contributed by atoms with E-state index in [1.807, 2.05) is 6.92 Å². The van der Waals surface area contributed by atoms with Gasteiger partial charge in [-0.05, 0) is 20.8 Å². The van der Waals surface area contributed by atoms with Gasteiger partial charge in [-0.25, -0.2) is 0 Å². The summed E-state index contributed by atoms with van der Waals surface area (Å²) < 4.78 is 5.39. The Hall–Kier alpha value is -0.520. The Morgan fingerprint density at radius 3 is 2.55 bits per heavy atom. The van der Waals surface area contributed by atoms with Crippen LogP contribution in [0.4, 0.5) is 0 Å². The van der Waals surface area contributed by atoms with Crippen LogP contribution in [0.3, 0.4) is 0 Å². The van der Waals surface area contributed by atoms with Crippen LogP contribution >= 0.6 is 24.0 Å². The summed E-state index contributed by atoms with van der Waals surface area (Å²) in [5.74, 6) is 3.34. The van der Waals surface area contributed by atoms with Crippen molar-refractivity contribution in [1.29, 1.82) is 0 Å². The first-order valence-corrected chi connectivity index (χ1v) is 6.88. The average Bonchev–Trinajstić information content (AvgIpc) is 2.43. The van der Waals surface area contributed by atoms with Crippen LogP contribution in [-0.2, 0) is 4.74 Å². The third-order valence-electron chi connectivity index (χ3n) is 3.19. The number of ether oxygens (including phenoxy) is 1. The van der Waals surface area contributed by atoms with Crippen molar-refractivity contribution in [3.05, 3.63) is 0 Å². The Labute approximate surface area is 139 Å². The fourth-order valence-electron chi connectivity index (χ4n) is 2.02. The number of hydrogen-bond acceptors (Lipinski definition) is 3. The molecule has 0 aliphatic carbocycles. The smallest absolute Gasteiger partial charge is 0.192 e. The molecule has 0 atom stereocenters. The predicted molar refractivity (Wildman–Crippen MR) is 94.7 cm³/mol. The first-order chi connectivity index (χ1) is 9.10. The van der Waals surface area contributed by atoms with Crippen molar-refractivity contribution in [1.82, 2.24) is 15.5 Å². The van der Waals surface area contributed by atoms with Crippen LogP contribution < -0.4 is 10.6 Å². The van der Waals surface area contributed by atoms with Crippen LogP contribution in [0.25, 0.3) is 0 Å². The lowest BCUT2D eigenvalue weighted by atomic mass is 10.0. The standard InChI is InChI=1S/C14H26N4O.HI/c1-5-7-16-13(15-6-2)17-12-14(3,4)18-8-10-19-11-9-18;/h1H,6-12H2,2-4H3,(H2,15,16,17);1H. The first-order valence-electron chi connectivity index (χ1n) is 6.88. The van der Waals surface area contributed by atoms with E-state index in [1.165, 1.54) is 0 Å². The fraction of sp³-hybridized carbons (Fsp3) is 0.786. The summed E-state index contributed by atoms with van der Waals surface area (Å²) in [4.78, 5) is 7.04. The molecule has 0 bridgehead atoms. The van der Waals surface area contributed by atoms with Gasteiger partial charge in [0, 0.05) is 25.2 Å². The number of hydrogen-bond donors (Lipinski definition) is 2. The molecule has 1 rings (SSSR count). The summed E-state index contributed by atoms with van der Waals surface area (Å²) in [6.07, 6.45) is 5.25. The molecule has 0 aromatic heterocycles. The van der Waals surface area contributed by atoms with E-state index >= 15 is 0 Å². The molecule has 0 saturated carbocycles. The highest BCUT2D eigenvalue weighted by Crippen LogP contribution is 2.16. The van der Waals surface area contributed by atoms with Crippen LogP contribution in [0, 0.1) is 12.3 Å². The summed E-state index contributed by atoms with van der Waals surface area (Å²) in [5, 5.41) is 6.30. The molecule has 1 aliphatic heterocycles. The number of terminal acetylenes is 1. The maximum absolute atomic E-state index is 5.39. The van der Waals surface area contributed by atoms with Gasteiger partial charge in [0.1, 0.15) is 0 Å². The second-order valence-electron chi connectivity index (χ2n) is 5.16. The van der Waals surface area contributed by atoms with Crippen LogP contribution in [0.2, 0.25) is 0 Å². The molecule has 0 aromatic rings. The van der Waals surface area contributed by atoms with E-state index in [0.717, 1.165) is 45.4 Å². The Morgan fingerprint density at radius 2 is 2.00 bits per heavy atom. The molecule has 5 nitrogen and oxygen atoms in total. The van der Waals surface area contributed by atoms with Crippen LogP contribution in [0.5, 0.6) is 0 Å². The minimum absolute atomic E-state index is 0. The van der Waals surface area contributed by atoms with Gasteiger partial charge in [0.25, 0.3) is 0 Å². The monoisotopic (exact) mass is 394 g/mol. The van der Waals surface area contributed by atoms with E-state index in [0.29, 0.717) is 6.54 Å². The second kappa shape index (κ2) is 10.2. The Kier molecular flexibility index (Phi) is 9.98. The molecule has 0 unspecified atom stereocenters. The lowest BCUT2D eigenvalue weighted by Crippen LogP contribution is -2.52. The summed E-state index contributed by atoms with van der Waals surface area (Å²) in [6.45, 7) is 12.1. The number of aliphatic imine (C=N–C) groups is 1. The van der Waals surface area contributed by atoms with E-state index in [2.05, 4.69) is 40.3 Å². The molecule has 1 fully saturated rings. The van der Waals surface area contributed by atoms with Crippen LogP contribution in [0.15, 0.2) is 4.99 Å². The maximum Gasteiger partial charge on any atom is 0.192 e. The van der Waals surface area contributed by atoms with Gasteiger partial charge in [-0.1, -0.05) is 5.92 Å². The molecule has 0 spiro atoms. The van der Waals surface area contributed by atoms with Crippen LogP contribution in [0.1, 0.15) is 20.8 Å². The number of rotatable bonds is 5. The third-order valence-corrected chi connectivity index (χ3v) is 3.19. The van der Waals surface area contributed by atoms with Gasteiger partial charge in [0.05, 0.1) is 26.3 Å². The van der Waals surface area contributed by atoms with Crippen molar-refractivity contribution in [3.8, 4) is 12.3 Å². The molecule has 0 radical (unpaired) electrons. The summed E-state index contributed by atoms with van der Waals surface area (Å²) in [5.41, 5.74) is 0.0300. The van der Waals surface area contributed by atoms with Gasteiger partial charge in [0.15, 0.2) is 5.96 Å². The van der Waals surface area contributed by atoms with Crippen molar-refractivity contribution in [2.45, 2.75) is 26.3 Å². The van der Waals surface area contributed by atoms with E-state index in [4.69, 9.17) is 11.2 Å². The Morgan fingerprint density at radius 1 is 1.35 bits per heavy atom. The summed E-state index contributed by atoms with van der Waals surface area (Å²) >= 11 is 0. The quantitative estimate of drug-likeness (QED) is 0.315. The molecule has 0 aromatic carbocycles.